The van der Waals surface area contributed by atoms with E-state index in [1.807, 2.05) is 12.1 Å². The maximum absolute atomic E-state index is 13.1. The fraction of sp³-hybridized carbons (Fsp3) is 0.316. The molecule has 0 unspecified atom stereocenters. The van der Waals surface area contributed by atoms with E-state index in [2.05, 4.69) is 5.32 Å². The number of benzene rings is 2. The van der Waals surface area contributed by atoms with E-state index in [0.717, 1.165) is 25.1 Å². The van der Waals surface area contributed by atoms with Gasteiger partial charge in [0, 0.05) is 18.5 Å². The molecule has 2 atom stereocenters. The van der Waals surface area contributed by atoms with Crippen LogP contribution in [0.3, 0.4) is 0 Å². The lowest BCUT2D eigenvalue weighted by Gasteiger charge is -2.32. The monoisotopic (exact) mass is 381 g/mol. The zero-order valence-electron chi connectivity index (χ0n) is 14.0. The molecule has 0 saturated carbocycles. The molecule has 26 heavy (non-hydrogen) atoms. The molecule has 1 aliphatic rings. The molecule has 5 nitrogen and oxygen atoms in total. The van der Waals surface area contributed by atoms with Crippen LogP contribution in [0.4, 0.5) is 4.39 Å². The van der Waals surface area contributed by atoms with Crippen molar-refractivity contribution in [2.75, 3.05) is 19.7 Å². The number of carbonyl (C=O) groups is 1. The predicted molar refractivity (Wildman–Crippen MR) is 97.9 cm³/mol. The molecule has 3 N–H and O–H groups in total. The lowest BCUT2D eigenvalue weighted by molar-refractivity contribution is 0.0693. The van der Waals surface area contributed by atoms with E-state index in [1.54, 1.807) is 0 Å². The molecule has 1 saturated heterocycles. The summed E-state index contributed by atoms with van der Waals surface area (Å²) in [4.78, 5) is 10.9. The van der Waals surface area contributed by atoms with Crippen LogP contribution >= 0.6 is 12.4 Å². The number of carboxylic acids is 1. The van der Waals surface area contributed by atoms with Crippen LogP contribution in [0.1, 0.15) is 28.3 Å². The first-order chi connectivity index (χ1) is 12.0. The van der Waals surface area contributed by atoms with Gasteiger partial charge in [0.05, 0.1) is 6.61 Å². The minimum absolute atomic E-state index is 0. The summed E-state index contributed by atoms with van der Waals surface area (Å²) in [5.74, 6) is -0.876. The first kappa shape index (κ1) is 20.0. The second kappa shape index (κ2) is 8.87. The molecule has 0 radical (unpaired) electrons. The van der Waals surface area contributed by atoms with Gasteiger partial charge in [-0.3, -0.25) is 0 Å². The van der Waals surface area contributed by atoms with Crippen molar-refractivity contribution in [3.8, 4) is 11.5 Å². The first-order valence-electron chi connectivity index (χ1n) is 8.20. The van der Waals surface area contributed by atoms with Gasteiger partial charge in [0.2, 0.25) is 0 Å². The number of ether oxygens (including phenoxy) is 1. The first-order valence-corrected chi connectivity index (χ1v) is 8.20. The Morgan fingerprint density at radius 1 is 1.23 bits per heavy atom. The van der Waals surface area contributed by atoms with E-state index in [0.29, 0.717) is 12.4 Å². The second-order valence-corrected chi connectivity index (χ2v) is 6.21. The molecule has 0 amide bonds. The molecule has 1 heterocycles. The van der Waals surface area contributed by atoms with E-state index in [1.165, 1.54) is 30.3 Å². The molecule has 0 aliphatic carbocycles. The maximum Gasteiger partial charge on any atom is 0.339 e. The maximum atomic E-state index is 13.1. The molecule has 2 aromatic rings. The number of halogens is 2. The molecule has 140 valence electrons. The third-order valence-electron chi connectivity index (χ3n) is 4.57. The Kier molecular flexibility index (Phi) is 6.83. The Labute approximate surface area is 157 Å². The second-order valence-electron chi connectivity index (χ2n) is 6.21. The number of rotatable bonds is 5. The Bertz CT molecular complexity index is 754. The molecular formula is C19H21ClFNO4. The fourth-order valence-corrected chi connectivity index (χ4v) is 3.23. The summed E-state index contributed by atoms with van der Waals surface area (Å²) in [5.41, 5.74) is 0.927. The smallest absolute Gasteiger partial charge is 0.339 e. The molecule has 2 aromatic carbocycles. The number of hydrogen-bond donors (Lipinski definition) is 3. The minimum atomic E-state index is -1.18. The van der Waals surface area contributed by atoms with Gasteiger partial charge in [-0.1, -0.05) is 12.1 Å². The molecule has 3 rings (SSSR count). The Hall–Kier alpha value is -2.31. The van der Waals surface area contributed by atoms with E-state index < -0.39 is 5.97 Å². The summed E-state index contributed by atoms with van der Waals surface area (Å²) in [6.45, 7) is 2.09. The van der Waals surface area contributed by atoms with E-state index >= 15 is 0 Å². The van der Waals surface area contributed by atoms with Gasteiger partial charge in [0.15, 0.2) is 0 Å². The normalized spacial score (nSPS) is 19.4. The van der Waals surface area contributed by atoms with Crippen LogP contribution < -0.4 is 10.1 Å². The Morgan fingerprint density at radius 3 is 2.62 bits per heavy atom. The number of carboxylic acid groups (broad SMARTS) is 1. The highest BCUT2D eigenvalue weighted by Gasteiger charge is 2.27. The van der Waals surface area contributed by atoms with Crippen LogP contribution in [0.5, 0.6) is 11.5 Å². The highest BCUT2D eigenvalue weighted by atomic mass is 35.5. The number of phenols is 1. The van der Waals surface area contributed by atoms with Gasteiger partial charge in [-0.2, -0.15) is 0 Å². The average Bonchev–Trinajstić information content (AvgIpc) is 2.61. The Morgan fingerprint density at radius 2 is 1.96 bits per heavy atom. The van der Waals surface area contributed by atoms with Gasteiger partial charge in [-0.25, -0.2) is 9.18 Å². The summed E-state index contributed by atoms with van der Waals surface area (Å²) in [6, 6.07) is 10.7. The number of piperidine rings is 1. The van der Waals surface area contributed by atoms with Gasteiger partial charge >= 0.3 is 5.97 Å². The van der Waals surface area contributed by atoms with Crippen molar-refractivity contribution in [2.24, 2.45) is 5.92 Å². The van der Waals surface area contributed by atoms with E-state index in [9.17, 15) is 14.3 Å². The molecular weight excluding hydrogens is 361 g/mol. The summed E-state index contributed by atoms with van der Waals surface area (Å²) < 4.78 is 18.9. The standard InChI is InChI=1S/C19H20FNO4.ClH/c20-14-3-1-12(2-4-14)16-7-8-21-10-13(16)11-25-15-5-6-17(19(23)24)18(22)9-15;/h1-6,9,13,16,21-22H,7-8,10-11H2,(H,23,24);1H/t13-,16-;/m0./s1. The topological polar surface area (TPSA) is 78.8 Å². The fourth-order valence-electron chi connectivity index (χ4n) is 3.23. The highest BCUT2D eigenvalue weighted by Crippen LogP contribution is 2.31. The van der Waals surface area contributed by atoms with Crippen LogP contribution in [-0.2, 0) is 0 Å². The molecule has 0 spiro atoms. The predicted octanol–water partition coefficient (Wildman–Crippen LogP) is 3.42. The van der Waals surface area contributed by atoms with Crippen molar-refractivity contribution in [3.63, 3.8) is 0 Å². The number of aromatic carboxylic acids is 1. The van der Waals surface area contributed by atoms with Crippen LogP contribution in [0, 0.1) is 11.7 Å². The molecule has 1 aliphatic heterocycles. The van der Waals surface area contributed by atoms with Crippen molar-refractivity contribution in [1.82, 2.24) is 5.32 Å². The zero-order chi connectivity index (χ0) is 17.8. The van der Waals surface area contributed by atoms with Gasteiger partial charge < -0.3 is 20.3 Å². The number of aromatic hydroxyl groups is 1. The van der Waals surface area contributed by atoms with Crippen molar-refractivity contribution in [1.29, 1.82) is 0 Å². The lowest BCUT2D eigenvalue weighted by Crippen LogP contribution is -2.38. The van der Waals surface area contributed by atoms with E-state index in [-0.39, 0.29) is 41.4 Å². The Balaban J connectivity index is 0.00000243. The number of hydrogen-bond acceptors (Lipinski definition) is 4. The van der Waals surface area contributed by atoms with Gasteiger partial charge in [-0.05, 0) is 48.7 Å². The quantitative estimate of drug-likeness (QED) is 0.739. The number of nitrogens with one attached hydrogen (secondary N) is 1. The van der Waals surface area contributed by atoms with E-state index in [4.69, 9.17) is 9.84 Å². The van der Waals surface area contributed by atoms with Gasteiger partial charge in [0.25, 0.3) is 0 Å². The van der Waals surface area contributed by atoms with Crippen molar-refractivity contribution >= 4 is 18.4 Å². The molecule has 0 aromatic heterocycles. The van der Waals surface area contributed by atoms with Crippen LogP contribution in [0.15, 0.2) is 42.5 Å². The van der Waals surface area contributed by atoms with Gasteiger partial charge in [-0.15, -0.1) is 12.4 Å². The summed E-state index contributed by atoms with van der Waals surface area (Å²) in [6.07, 6.45) is 0.933. The highest BCUT2D eigenvalue weighted by molar-refractivity contribution is 5.90. The average molecular weight is 382 g/mol. The molecule has 0 bridgehead atoms. The van der Waals surface area contributed by atoms with Crippen LogP contribution in [0.2, 0.25) is 0 Å². The van der Waals surface area contributed by atoms with Gasteiger partial charge in [0.1, 0.15) is 22.9 Å². The third-order valence-corrected chi connectivity index (χ3v) is 4.57. The van der Waals surface area contributed by atoms with Crippen LogP contribution in [-0.4, -0.2) is 35.9 Å². The lowest BCUT2D eigenvalue weighted by atomic mass is 9.81. The molecule has 1 fully saturated rings. The summed E-state index contributed by atoms with van der Waals surface area (Å²) in [7, 11) is 0. The third kappa shape index (κ3) is 4.65. The SMILES string of the molecule is Cl.O=C(O)c1ccc(OC[C@@H]2CNCC[C@H]2c2ccc(F)cc2)cc1O. The zero-order valence-corrected chi connectivity index (χ0v) is 14.8. The minimum Gasteiger partial charge on any atom is -0.507 e. The van der Waals surface area contributed by atoms with Crippen molar-refractivity contribution < 1.29 is 24.1 Å². The molecule has 7 heteroatoms. The largest absolute Gasteiger partial charge is 0.507 e. The van der Waals surface area contributed by atoms with Crippen molar-refractivity contribution in [2.45, 2.75) is 12.3 Å². The van der Waals surface area contributed by atoms with Crippen molar-refractivity contribution in [3.05, 3.63) is 59.4 Å². The summed E-state index contributed by atoms with van der Waals surface area (Å²) >= 11 is 0. The summed E-state index contributed by atoms with van der Waals surface area (Å²) in [5, 5.41) is 22.0. The van der Waals surface area contributed by atoms with Crippen LogP contribution in [0.25, 0.3) is 0 Å².